The number of anilines is 2. The topological polar surface area (TPSA) is 68.5 Å². The number of rotatable bonds is 0. The summed E-state index contributed by atoms with van der Waals surface area (Å²) in [6, 6.07) is 1.71. The highest BCUT2D eigenvalue weighted by Gasteiger charge is 2.29. The van der Waals surface area contributed by atoms with E-state index in [-0.39, 0.29) is 6.09 Å². The van der Waals surface area contributed by atoms with Crippen molar-refractivity contribution in [3.05, 3.63) is 17.8 Å². The summed E-state index contributed by atoms with van der Waals surface area (Å²) in [6.45, 7) is 6.17. The summed E-state index contributed by atoms with van der Waals surface area (Å²) in [7, 11) is 0. The fourth-order valence-electron chi connectivity index (χ4n) is 1.79. The molecule has 0 bridgehead atoms. The lowest BCUT2D eigenvalue weighted by molar-refractivity contribution is 0.0584. The van der Waals surface area contributed by atoms with Crippen LogP contribution in [0.15, 0.2) is 12.3 Å². The second kappa shape index (κ2) is 3.91. The van der Waals surface area contributed by atoms with Crippen LogP contribution < -0.4 is 10.6 Å². The number of carbonyl (C=O) groups excluding carboxylic acids is 1. The van der Waals surface area contributed by atoms with E-state index < -0.39 is 5.60 Å². The second-order valence-electron chi connectivity index (χ2n) is 5.12. The molecular weight excluding hydrogens is 218 g/mol. The molecule has 17 heavy (non-hydrogen) atoms. The third-order valence-electron chi connectivity index (χ3n) is 2.49. The lowest BCUT2D eigenvalue weighted by Crippen LogP contribution is -2.35. The van der Waals surface area contributed by atoms with Crippen LogP contribution in [0, 0.1) is 0 Å². The van der Waals surface area contributed by atoms with E-state index in [0.717, 1.165) is 17.7 Å². The van der Waals surface area contributed by atoms with Crippen molar-refractivity contribution in [3.63, 3.8) is 0 Å². The van der Waals surface area contributed by atoms with Gasteiger partial charge in [-0.05, 0) is 32.8 Å². The monoisotopic (exact) mass is 235 g/mol. The molecule has 0 saturated heterocycles. The third-order valence-corrected chi connectivity index (χ3v) is 2.49. The minimum Gasteiger partial charge on any atom is -0.443 e. The lowest BCUT2D eigenvalue weighted by Gasteiger charge is -2.24. The fraction of sp³-hybridized carbons (Fsp3) is 0.500. The van der Waals surface area contributed by atoms with Crippen molar-refractivity contribution in [2.24, 2.45) is 0 Å². The normalized spacial score (nSPS) is 14.6. The number of ether oxygens (including phenoxy) is 1. The number of carbonyl (C=O) groups is 1. The van der Waals surface area contributed by atoms with Gasteiger partial charge in [-0.15, -0.1) is 0 Å². The van der Waals surface area contributed by atoms with Crippen LogP contribution in [-0.4, -0.2) is 23.2 Å². The number of nitrogens with zero attached hydrogens (tertiary/aromatic N) is 2. The van der Waals surface area contributed by atoms with Crippen molar-refractivity contribution in [2.75, 3.05) is 17.2 Å². The van der Waals surface area contributed by atoms with Crippen LogP contribution >= 0.6 is 0 Å². The molecule has 1 aliphatic rings. The molecule has 0 aromatic carbocycles. The van der Waals surface area contributed by atoms with Crippen LogP contribution in [0.4, 0.5) is 16.3 Å². The van der Waals surface area contributed by atoms with E-state index in [0.29, 0.717) is 12.4 Å². The predicted molar refractivity (Wildman–Crippen MR) is 65.9 cm³/mol. The highest BCUT2D eigenvalue weighted by molar-refractivity contribution is 5.90. The molecular formula is C12H17N3O2. The number of nitrogens with two attached hydrogens (primary N) is 1. The number of aromatic nitrogens is 1. The summed E-state index contributed by atoms with van der Waals surface area (Å²) in [5.74, 6) is 0.416. The van der Waals surface area contributed by atoms with Gasteiger partial charge in [0.2, 0.25) is 0 Å². The van der Waals surface area contributed by atoms with Crippen molar-refractivity contribution in [2.45, 2.75) is 32.8 Å². The molecule has 0 atom stereocenters. The summed E-state index contributed by atoms with van der Waals surface area (Å²) in [5.41, 5.74) is 6.99. The van der Waals surface area contributed by atoms with Gasteiger partial charge in [0.1, 0.15) is 11.4 Å². The Kier molecular flexibility index (Phi) is 2.69. The Bertz CT molecular complexity index is 452. The van der Waals surface area contributed by atoms with Gasteiger partial charge in [0.25, 0.3) is 0 Å². The zero-order valence-electron chi connectivity index (χ0n) is 10.4. The average molecular weight is 235 g/mol. The minimum absolute atomic E-state index is 0.332. The molecule has 0 aliphatic carbocycles. The number of hydrogen-bond acceptors (Lipinski definition) is 4. The van der Waals surface area contributed by atoms with Gasteiger partial charge in [-0.1, -0.05) is 0 Å². The number of pyridine rings is 1. The molecule has 0 saturated carbocycles. The van der Waals surface area contributed by atoms with Gasteiger partial charge in [0, 0.05) is 18.8 Å². The summed E-state index contributed by atoms with van der Waals surface area (Å²) in [5, 5.41) is 0. The van der Waals surface area contributed by atoms with E-state index in [9.17, 15) is 4.79 Å². The second-order valence-corrected chi connectivity index (χ2v) is 5.12. The molecule has 0 spiro atoms. The zero-order valence-corrected chi connectivity index (χ0v) is 10.4. The first-order chi connectivity index (χ1) is 7.87. The maximum Gasteiger partial charge on any atom is 0.414 e. The Labute approximate surface area is 101 Å². The van der Waals surface area contributed by atoms with Gasteiger partial charge < -0.3 is 10.5 Å². The molecule has 2 N–H and O–H groups in total. The maximum absolute atomic E-state index is 12.0. The standard InChI is InChI=1S/C12H17N3O2/c1-12(2,3)17-11(16)15-5-4-8-7-14-10(13)6-9(8)15/h6-7H,4-5H2,1-3H3,(H2,13,14). The molecule has 1 amide bonds. The van der Waals surface area contributed by atoms with Crippen LogP contribution in [-0.2, 0) is 11.2 Å². The minimum atomic E-state index is -0.488. The molecule has 1 aromatic heterocycles. The molecule has 1 aromatic rings. The average Bonchev–Trinajstić information content (AvgIpc) is 2.57. The lowest BCUT2D eigenvalue weighted by atomic mass is 10.2. The Hall–Kier alpha value is -1.78. The van der Waals surface area contributed by atoms with E-state index in [1.807, 2.05) is 20.8 Å². The molecule has 92 valence electrons. The first-order valence-corrected chi connectivity index (χ1v) is 5.62. The highest BCUT2D eigenvalue weighted by Crippen LogP contribution is 2.29. The predicted octanol–water partition coefficient (Wildman–Crippen LogP) is 1.96. The smallest absolute Gasteiger partial charge is 0.414 e. The van der Waals surface area contributed by atoms with Gasteiger partial charge in [0.15, 0.2) is 0 Å². The molecule has 2 rings (SSSR count). The number of hydrogen-bond donors (Lipinski definition) is 1. The van der Waals surface area contributed by atoms with Gasteiger partial charge in [-0.3, -0.25) is 4.90 Å². The Balaban J connectivity index is 2.22. The molecule has 5 heteroatoms. The van der Waals surface area contributed by atoms with Crippen LogP contribution in [0.2, 0.25) is 0 Å². The van der Waals surface area contributed by atoms with Crippen molar-refractivity contribution in [1.82, 2.24) is 4.98 Å². The number of fused-ring (bicyclic) bond motifs is 1. The third kappa shape index (κ3) is 2.49. The molecule has 0 radical (unpaired) electrons. The van der Waals surface area contributed by atoms with E-state index >= 15 is 0 Å². The van der Waals surface area contributed by atoms with Gasteiger partial charge in [-0.25, -0.2) is 9.78 Å². The number of nitrogen functional groups attached to an aromatic ring is 1. The van der Waals surface area contributed by atoms with Crippen LogP contribution in [0.25, 0.3) is 0 Å². The Morgan fingerprint density at radius 1 is 1.53 bits per heavy atom. The van der Waals surface area contributed by atoms with E-state index in [2.05, 4.69) is 4.98 Å². The molecule has 5 nitrogen and oxygen atoms in total. The first-order valence-electron chi connectivity index (χ1n) is 5.62. The van der Waals surface area contributed by atoms with Crippen molar-refractivity contribution in [1.29, 1.82) is 0 Å². The number of amides is 1. The van der Waals surface area contributed by atoms with Crippen molar-refractivity contribution in [3.8, 4) is 0 Å². The summed E-state index contributed by atoms with van der Waals surface area (Å²) < 4.78 is 5.34. The van der Waals surface area contributed by atoms with E-state index in [4.69, 9.17) is 10.5 Å². The van der Waals surface area contributed by atoms with E-state index in [1.54, 1.807) is 17.2 Å². The summed E-state index contributed by atoms with van der Waals surface area (Å²) >= 11 is 0. The highest BCUT2D eigenvalue weighted by atomic mass is 16.6. The first kappa shape index (κ1) is 11.7. The van der Waals surface area contributed by atoms with Crippen LogP contribution in [0.5, 0.6) is 0 Å². The fourth-order valence-corrected chi connectivity index (χ4v) is 1.79. The molecule has 1 aliphatic heterocycles. The van der Waals surface area contributed by atoms with Gasteiger partial charge in [-0.2, -0.15) is 0 Å². The quantitative estimate of drug-likeness (QED) is 0.746. The zero-order chi connectivity index (χ0) is 12.6. The SMILES string of the molecule is CC(C)(C)OC(=O)N1CCc2cnc(N)cc21. The van der Waals surface area contributed by atoms with E-state index in [1.165, 1.54) is 0 Å². The molecule has 2 heterocycles. The van der Waals surface area contributed by atoms with Crippen LogP contribution in [0.1, 0.15) is 26.3 Å². The maximum atomic E-state index is 12.0. The summed E-state index contributed by atoms with van der Waals surface area (Å²) in [6.07, 6.45) is 2.18. The van der Waals surface area contributed by atoms with Gasteiger partial charge in [0.05, 0.1) is 5.69 Å². The molecule has 0 unspecified atom stereocenters. The Morgan fingerprint density at radius 3 is 2.88 bits per heavy atom. The van der Waals surface area contributed by atoms with Gasteiger partial charge >= 0.3 is 6.09 Å². The largest absolute Gasteiger partial charge is 0.443 e. The Morgan fingerprint density at radius 2 is 2.24 bits per heavy atom. The summed E-state index contributed by atoms with van der Waals surface area (Å²) in [4.78, 5) is 17.6. The van der Waals surface area contributed by atoms with Crippen molar-refractivity contribution < 1.29 is 9.53 Å². The molecule has 0 fully saturated rings. The van der Waals surface area contributed by atoms with Crippen LogP contribution in [0.3, 0.4) is 0 Å². The van der Waals surface area contributed by atoms with Crippen molar-refractivity contribution >= 4 is 17.6 Å².